The van der Waals surface area contributed by atoms with Gasteiger partial charge in [0.25, 0.3) is 0 Å². The van der Waals surface area contributed by atoms with Crippen molar-refractivity contribution in [2.75, 3.05) is 0 Å². The molecule has 0 aliphatic heterocycles. The van der Waals surface area contributed by atoms with E-state index in [2.05, 4.69) is 171 Å². The van der Waals surface area contributed by atoms with Gasteiger partial charge in [-0.05, 0) is 181 Å². The van der Waals surface area contributed by atoms with E-state index < -0.39 is 0 Å². The van der Waals surface area contributed by atoms with Crippen LogP contribution >= 0.6 is 0 Å². The zero-order valence-electron chi connectivity index (χ0n) is 32.7. The SMILES string of the molecule is Cc1ccccc1-c1c2cc3c4cccc5cccc(c54)c3c3c4ccccc4c(c4c5ccc6c7ccc8c9c(ccc(c%10ccc(c14)c5c%106)c97)-c1ccccc1-8)c23.[B]. The lowest BCUT2D eigenvalue weighted by molar-refractivity contribution is 1.48. The maximum atomic E-state index is 2.58. The molecule has 15 aromatic carbocycles. The van der Waals surface area contributed by atoms with Crippen LogP contribution in [-0.4, -0.2) is 8.41 Å². The van der Waals surface area contributed by atoms with Crippen molar-refractivity contribution in [3.8, 4) is 33.4 Å². The summed E-state index contributed by atoms with van der Waals surface area (Å²) < 4.78 is 0. The summed E-state index contributed by atoms with van der Waals surface area (Å²) in [6.45, 7) is 2.29. The van der Waals surface area contributed by atoms with Crippen LogP contribution in [0.15, 0.2) is 164 Å². The summed E-state index contributed by atoms with van der Waals surface area (Å²) in [6.07, 6.45) is 0. The highest BCUT2D eigenvalue weighted by atomic mass is 14.3. The van der Waals surface area contributed by atoms with Gasteiger partial charge in [-0.25, -0.2) is 0 Å². The Labute approximate surface area is 345 Å². The quantitative estimate of drug-likeness (QED) is 0.0891. The monoisotopic (exact) mass is 749 g/mol. The van der Waals surface area contributed by atoms with Crippen molar-refractivity contribution in [1.29, 1.82) is 0 Å². The second-order valence-electron chi connectivity index (χ2n) is 17.4. The summed E-state index contributed by atoms with van der Waals surface area (Å²) in [6, 6.07) is 63.1. The molecule has 0 N–H and O–H groups in total. The molecular weight excluding hydrogens is 719 g/mol. The van der Waals surface area contributed by atoms with Crippen molar-refractivity contribution in [2.45, 2.75) is 6.92 Å². The third-order valence-corrected chi connectivity index (χ3v) is 14.9. The molecule has 0 atom stereocenters. The minimum Gasteiger partial charge on any atom is -0.0620 e. The first-order valence-corrected chi connectivity index (χ1v) is 20.9. The Hall–Kier alpha value is -7.48. The molecule has 0 saturated heterocycles. The highest BCUT2D eigenvalue weighted by Crippen LogP contribution is 2.59. The predicted octanol–water partition coefficient (Wildman–Crippen LogP) is 16.5. The van der Waals surface area contributed by atoms with Crippen molar-refractivity contribution >= 4 is 138 Å². The number of hydrogen-bond acceptors (Lipinski definition) is 0. The third-order valence-electron chi connectivity index (χ3n) is 14.9. The molecule has 0 fully saturated rings. The first-order valence-electron chi connectivity index (χ1n) is 20.9. The van der Waals surface area contributed by atoms with Crippen LogP contribution in [0.4, 0.5) is 0 Å². The Morgan fingerprint density at radius 3 is 1.30 bits per heavy atom. The van der Waals surface area contributed by atoms with Gasteiger partial charge in [0, 0.05) is 8.41 Å². The second-order valence-corrected chi connectivity index (χ2v) is 17.4. The van der Waals surface area contributed by atoms with Crippen LogP contribution in [0, 0.1) is 6.92 Å². The van der Waals surface area contributed by atoms with E-state index in [1.54, 1.807) is 0 Å². The molecule has 1 heteroatoms. The van der Waals surface area contributed by atoms with Crippen LogP contribution in [0.1, 0.15) is 5.56 Å². The van der Waals surface area contributed by atoms with Crippen LogP contribution in [0.2, 0.25) is 0 Å². The fraction of sp³-hybridized carbons (Fsp3) is 0.0169. The minimum absolute atomic E-state index is 0. The van der Waals surface area contributed by atoms with E-state index in [9.17, 15) is 0 Å². The Morgan fingerprint density at radius 1 is 0.233 bits per heavy atom. The number of aryl methyl sites for hydroxylation is 1. The minimum atomic E-state index is 0. The van der Waals surface area contributed by atoms with E-state index in [0.717, 1.165) is 0 Å². The summed E-state index contributed by atoms with van der Waals surface area (Å²) in [4.78, 5) is 0. The maximum Gasteiger partial charge on any atom is 0 e. The summed E-state index contributed by atoms with van der Waals surface area (Å²) in [5.74, 6) is 0. The molecule has 0 heterocycles. The molecular formula is C59H30B. The van der Waals surface area contributed by atoms with Crippen molar-refractivity contribution < 1.29 is 0 Å². The average Bonchev–Trinajstić information content (AvgIpc) is 4.01. The normalized spacial score (nSPS) is 12.9. The van der Waals surface area contributed by atoms with Gasteiger partial charge < -0.3 is 0 Å². The largest absolute Gasteiger partial charge is 0.0620 e. The molecule has 3 radical (unpaired) electrons. The van der Waals surface area contributed by atoms with E-state index in [1.807, 2.05) is 0 Å². The van der Waals surface area contributed by atoms with Crippen molar-refractivity contribution in [3.63, 3.8) is 0 Å². The summed E-state index contributed by atoms with van der Waals surface area (Å²) in [5, 5.41) is 32.9. The highest BCUT2D eigenvalue weighted by molar-refractivity contribution is 6.54. The maximum absolute atomic E-state index is 2.58. The van der Waals surface area contributed by atoms with E-state index in [4.69, 9.17) is 0 Å². The third kappa shape index (κ3) is 3.31. The molecule has 0 bridgehead atoms. The van der Waals surface area contributed by atoms with Gasteiger partial charge >= 0.3 is 0 Å². The van der Waals surface area contributed by atoms with Crippen molar-refractivity contribution in [2.24, 2.45) is 0 Å². The Morgan fingerprint density at radius 2 is 0.633 bits per heavy atom. The fourth-order valence-corrected chi connectivity index (χ4v) is 12.8. The van der Waals surface area contributed by atoms with Gasteiger partial charge in [-0.2, -0.15) is 0 Å². The lowest BCUT2D eigenvalue weighted by Gasteiger charge is -2.16. The summed E-state index contributed by atoms with van der Waals surface area (Å²) in [5.41, 5.74) is 9.40. The standard InChI is InChI=1S/C59H30.B/c1-29-10-2-3-13-31(29)49-47-28-46-36-18-8-11-30-12-9-19-43(48(30)36)54(46)55-34-16-6-7-17-35(34)56(59(47)55)58-45-27-25-42-40-23-21-38-33-15-5-4-14-32(33)37-20-22-39(51(40)50(37)38)41-24-26-44(57(49)58)53(45)52(41)42;/h2-28H,1H3;. The van der Waals surface area contributed by atoms with Gasteiger partial charge in [0.2, 0.25) is 0 Å². The molecule has 15 aromatic rings. The van der Waals surface area contributed by atoms with Crippen molar-refractivity contribution in [3.05, 3.63) is 169 Å². The molecule has 1 aliphatic rings. The Balaban J connectivity index is 0.00000342. The first-order chi connectivity index (χ1) is 29.2. The number of hydrogen-bond donors (Lipinski definition) is 0. The van der Waals surface area contributed by atoms with Gasteiger partial charge in [-0.15, -0.1) is 0 Å². The van der Waals surface area contributed by atoms with Gasteiger partial charge in [0.15, 0.2) is 0 Å². The van der Waals surface area contributed by atoms with E-state index >= 15 is 0 Å². The number of rotatable bonds is 1. The highest BCUT2D eigenvalue weighted by Gasteiger charge is 2.30. The van der Waals surface area contributed by atoms with Crippen LogP contribution in [0.3, 0.4) is 0 Å². The smallest absolute Gasteiger partial charge is 0 e. The molecule has 269 valence electrons. The first kappa shape index (κ1) is 31.5. The molecule has 0 aromatic heterocycles. The van der Waals surface area contributed by atoms with Crippen LogP contribution in [-0.2, 0) is 0 Å². The number of benzene rings is 12. The average molecular weight is 750 g/mol. The topological polar surface area (TPSA) is 0 Å². The summed E-state index contributed by atoms with van der Waals surface area (Å²) in [7, 11) is 0. The predicted molar refractivity (Wildman–Crippen MR) is 262 cm³/mol. The zero-order chi connectivity index (χ0) is 38.0. The lowest BCUT2D eigenvalue weighted by atomic mass is 9.86. The van der Waals surface area contributed by atoms with Gasteiger partial charge in [0.05, 0.1) is 0 Å². The molecule has 0 spiro atoms. The van der Waals surface area contributed by atoms with Crippen LogP contribution in [0.5, 0.6) is 0 Å². The van der Waals surface area contributed by atoms with Gasteiger partial charge in [0.1, 0.15) is 0 Å². The van der Waals surface area contributed by atoms with Gasteiger partial charge in [-0.1, -0.05) is 158 Å². The van der Waals surface area contributed by atoms with Crippen molar-refractivity contribution in [1.82, 2.24) is 0 Å². The molecule has 0 nitrogen and oxygen atoms in total. The van der Waals surface area contributed by atoms with Crippen LogP contribution < -0.4 is 0 Å². The Kier molecular flexibility index (Phi) is 5.46. The molecule has 0 amide bonds. The molecule has 0 saturated carbocycles. The Bertz CT molecular complexity index is 4330. The van der Waals surface area contributed by atoms with Crippen LogP contribution in [0.25, 0.3) is 163 Å². The molecule has 0 unspecified atom stereocenters. The summed E-state index contributed by atoms with van der Waals surface area (Å²) >= 11 is 0. The van der Waals surface area contributed by atoms with E-state index in [-0.39, 0.29) is 8.41 Å². The molecule has 1 aliphatic carbocycles. The van der Waals surface area contributed by atoms with E-state index in [0.29, 0.717) is 0 Å². The van der Waals surface area contributed by atoms with Gasteiger partial charge in [-0.3, -0.25) is 0 Å². The van der Waals surface area contributed by atoms with E-state index in [1.165, 1.54) is 168 Å². The zero-order valence-corrected chi connectivity index (χ0v) is 32.7. The fourth-order valence-electron chi connectivity index (χ4n) is 12.8. The second kappa shape index (κ2) is 10.4. The molecule has 16 rings (SSSR count). The molecule has 60 heavy (non-hydrogen) atoms. The lowest BCUT2D eigenvalue weighted by Crippen LogP contribution is -1.88. The number of fused-ring (bicyclic) bond motifs is 16.